The number of rotatable bonds is 4. The van der Waals surface area contributed by atoms with Gasteiger partial charge >= 0.3 is 5.97 Å². The summed E-state index contributed by atoms with van der Waals surface area (Å²) < 4.78 is 31.1. The Morgan fingerprint density at radius 3 is 2.56 bits per heavy atom. The van der Waals surface area contributed by atoms with Crippen LogP contribution in [0.5, 0.6) is 5.75 Å². The van der Waals surface area contributed by atoms with Gasteiger partial charge in [-0.15, -0.1) is 0 Å². The summed E-state index contributed by atoms with van der Waals surface area (Å²) in [5, 5.41) is 8.77. The first-order valence-corrected chi connectivity index (χ1v) is 4.77. The quantitative estimate of drug-likeness (QED) is 0.865. The van der Waals surface area contributed by atoms with E-state index in [0.717, 1.165) is 6.07 Å². The van der Waals surface area contributed by atoms with E-state index >= 15 is 0 Å². The van der Waals surface area contributed by atoms with Crippen molar-refractivity contribution in [2.75, 3.05) is 6.61 Å². The Bertz CT molecular complexity index is 402. The van der Waals surface area contributed by atoms with Crippen molar-refractivity contribution in [3.05, 3.63) is 29.3 Å². The molecule has 0 fully saturated rings. The molecule has 1 rings (SSSR count). The van der Waals surface area contributed by atoms with Gasteiger partial charge in [-0.3, -0.25) is 0 Å². The van der Waals surface area contributed by atoms with Crippen molar-refractivity contribution in [3.63, 3.8) is 0 Å². The van der Waals surface area contributed by atoms with Crippen LogP contribution in [-0.2, 0) is 0 Å². The molecule has 0 aliphatic carbocycles. The second-order valence-corrected chi connectivity index (χ2v) is 3.77. The standard InChI is InChI=1S/C11H12F2O3/c1-6(2)5-16-10-8(11(14)15)3-7(12)4-9(10)13/h3-4,6H,5H2,1-2H3,(H,14,15). The maximum atomic E-state index is 13.3. The van der Waals surface area contributed by atoms with Gasteiger partial charge in [0.15, 0.2) is 11.6 Å². The maximum absolute atomic E-state index is 13.3. The summed E-state index contributed by atoms with van der Waals surface area (Å²) in [6, 6.07) is 1.34. The fourth-order valence-corrected chi connectivity index (χ4v) is 1.12. The van der Waals surface area contributed by atoms with Crippen molar-refractivity contribution in [2.45, 2.75) is 13.8 Å². The van der Waals surface area contributed by atoms with Gasteiger partial charge in [0, 0.05) is 6.07 Å². The molecule has 0 amide bonds. The monoisotopic (exact) mass is 230 g/mol. The highest BCUT2D eigenvalue weighted by Gasteiger charge is 2.18. The minimum Gasteiger partial charge on any atom is -0.489 e. The van der Waals surface area contributed by atoms with Gasteiger partial charge in [-0.1, -0.05) is 13.8 Å². The Hall–Kier alpha value is -1.65. The summed E-state index contributed by atoms with van der Waals surface area (Å²) in [4.78, 5) is 10.8. The van der Waals surface area contributed by atoms with E-state index in [2.05, 4.69) is 0 Å². The lowest BCUT2D eigenvalue weighted by molar-refractivity contribution is 0.0689. The number of benzene rings is 1. The van der Waals surface area contributed by atoms with Gasteiger partial charge in [0.05, 0.1) is 6.61 Å². The highest BCUT2D eigenvalue weighted by Crippen LogP contribution is 2.24. The number of hydrogen-bond acceptors (Lipinski definition) is 2. The molecule has 0 bridgehead atoms. The van der Waals surface area contributed by atoms with E-state index in [1.807, 2.05) is 13.8 Å². The fraction of sp³-hybridized carbons (Fsp3) is 0.364. The van der Waals surface area contributed by atoms with E-state index in [1.54, 1.807) is 0 Å². The van der Waals surface area contributed by atoms with Gasteiger partial charge in [-0.25, -0.2) is 13.6 Å². The van der Waals surface area contributed by atoms with Gasteiger partial charge in [0.25, 0.3) is 0 Å². The fourth-order valence-electron chi connectivity index (χ4n) is 1.12. The largest absolute Gasteiger partial charge is 0.489 e. The van der Waals surface area contributed by atoms with Crippen molar-refractivity contribution in [1.29, 1.82) is 0 Å². The maximum Gasteiger partial charge on any atom is 0.339 e. The van der Waals surface area contributed by atoms with E-state index in [1.165, 1.54) is 0 Å². The van der Waals surface area contributed by atoms with Crippen molar-refractivity contribution in [1.82, 2.24) is 0 Å². The van der Waals surface area contributed by atoms with Crippen LogP contribution >= 0.6 is 0 Å². The Morgan fingerprint density at radius 1 is 1.44 bits per heavy atom. The Labute approximate surface area is 91.7 Å². The summed E-state index contributed by atoms with van der Waals surface area (Å²) in [6.45, 7) is 3.84. The van der Waals surface area contributed by atoms with Crippen LogP contribution in [0.3, 0.4) is 0 Å². The van der Waals surface area contributed by atoms with Gasteiger partial charge in [0.2, 0.25) is 0 Å². The first-order valence-electron chi connectivity index (χ1n) is 4.77. The first kappa shape index (κ1) is 12.4. The number of halogens is 2. The lowest BCUT2D eigenvalue weighted by Crippen LogP contribution is -2.10. The highest BCUT2D eigenvalue weighted by atomic mass is 19.1. The number of carboxylic acid groups (broad SMARTS) is 1. The SMILES string of the molecule is CC(C)COc1c(F)cc(F)cc1C(=O)O. The molecule has 0 saturated heterocycles. The van der Waals surface area contributed by atoms with Gasteiger partial charge in [0.1, 0.15) is 11.4 Å². The highest BCUT2D eigenvalue weighted by molar-refractivity contribution is 5.90. The minimum absolute atomic E-state index is 0.117. The molecule has 0 aliphatic rings. The summed E-state index contributed by atoms with van der Waals surface area (Å²) in [5.74, 6) is -3.66. The van der Waals surface area contributed by atoms with Gasteiger partial charge in [-0.05, 0) is 12.0 Å². The Morgan fingerprint density at radius 2 is 2.06 bits per heavy atom. The zero-order valence-corrected chi connectivity index (χ0v) is 8.96. The third-order valence-corrected chi connectivity index (χ3v) is 1.80. The van der Waals surface area contributed by atoms with Crippen LogP contribution in [-0.4, -0.2) is 17.7 Å². The molecule has 88 valence electrons. The molecular formula is C11H12F2O3. The van der Waals surface area contributed by atoms with Crippen molar-refractivity contribution >= 4 is 5.97 Å². The van der Waals surface area contributed by atoms with Crippen LogP contribution in [0, 0.1) is 17.6 Å². The summed E-state index contributed by atoms with van der Waals surface area (Å²) >= 11 is 0. The predicted octanol–water partition coefficient (Wildman–Crippen LogP) is 2.70. The van der Waals surface area contributed by atoms with E-state index < -0.39 is 28.9 Å². The molecule has 1 aromatic rings. The zero-order valence-electron chi connectivity index (χ0n) is 8.96. The number of carbonyl (C=O) groups is 1. The molecule has 0 aliphatic heterocycles. The zero-order chi connectivity index (χ0) is 12.3. The summed E-state index contributed by atoms with van der Waals surface area (Å²) in [5.41, 5.74) is -0.502. The van der Waals surface area contributed by atoms with Crippen molar-refractivity contribution < 1.29 is 23.4 Å². The molecule has 0 spiro atoms. The average Bonchev–Trinajstić information content (AvgIpc) is 2.14. The van der Waals surface area contributed by atoms with E-state index in [-0.39, 0.29) is 12.5 Å². The number of ether oxygens (including phenoxy) is 1. The normalized spacial score (nSPS) is 10.6. The predicted molar refractivity (Wildman–Crippen MR) is 53.7 cm³/mol. The molecule has 5 heteroatoms. The third kappa shape index (κ3) is 2.92. The lowest BCUT2D eigenvalue weighted by Gasteiger charge is -2.11. The second kappa shape index (κ2) is 4.92. The molecule has 1 N–H and O–H groups in total. The molecular weight excluding hydrogens is 218 g/mol. The van der Waals surface area contributed by atoms with Gasteiger partial charge < -0.3 is 9.84 Å². The second-order valence-electron chi connectivity index (χ2n) is 3.77. The molecule has 1 aromatic carbocycles. The first-order chi connectivity index (χ1) is 7.41. The average molecular weight is 230 g/mol. The molecule has 0 aromatic heterocycles. The number of aromatic carboxylic acids is 1. The van der Waals surface area contributed by atoms with Crippen LogP contribution < -0.4 is 4.74 Å². The van der Waals surface area contributed by atoms with Crippen LogP contribution in [0.2, 0.25) is 0 Å². The lowest BCUT2D eigenvalue weighted by atomic mass is 10.2. The van der Waals surface area contributed by atoms with Crippen LogP contribution in [0.1, 0.15) is 24.2 Å². The molecule has 0 heterocycles. The minimum atomic E-state index is -1.42. The number of carboxylic acids is 1. The van der Waals surface area contributed by atoms with Crippen LogP contribution in [0.15, 0.2) is 12.1 Å². The van der Waals surface area contributed by atoms with E-state index in [0.29, 0.717) is 6.07 Å². The van der Waals surface area contributed by atoms with E-state index in [4.69, 9.17) is 9.84 Å². The Kier molecular flexibility index (Phi) is 3.82. The topological polar surface area (TPSA) is 46.5 Å². The Balaban J connectivity index is 3.09. The van der Waals surface area contributed by atoms with Crippen molar-refractivity contribution in [3.8, 4) is 5.75 Å². The molecule has 0 saturated carbocycles. The smallest absolute Gasteiger partial charge is 0.339 e. The number of hydrogen-bond donors (Lipinski definition) is 1. The van der Waals surface area contributed by atoms with Crippen molar-refractivity contribution in [2.24, 2.45) is 5.92 Å². The van der Waals surface area contributed by atoms with Crippen LogP contribution in [0.25, 0.3) is 0 Å². The summed E-state index contributed by atoms with van der Waals surface area (Å²) in [6.07, 6.45) is 0. The van der Waals surface area contributed by atoms with E-state index in [9.17, 15) is 13.6 Å². The molecule has 0 radical (unpaired) electrons. The molecule has 0 unspecified atom stereocenters. The third-order valence-electron chi connectivity index (χ3n) is 1.80. The molecule has 0 atom stereocenters. The summed E-state index contributed by atoms with van der Waals surface area (Å²) in [7, 11) is 0. The van der Waals surface area contributed by atoms with Crippen LogP contribution in [0.4, 0.5) is 8.78 Å². The molecule has 16 heavy (non-hydrogen) atoms. The molecule has 3 nitrogen and oxygen atoms in total. The van der Waals surface area contributed by atoms with Gasteiger partial charge in [-0.2, -0.15) is 0 Å².